The fraction of sp³-hybridized carbons (Fsp3) is 0.450. The summed E-state index contributed by atoms with van der Waals surface area (Å²) in [6.45, 7) is 7.85. The number of nitrogens with zero attached hydrogens (tertiary/aromatic N) is 2. The van der Waals surface area contributed by atoms with Crippen molar-refractivity contribution in [2.45, 2.75) is 46.6 Å². The van der Waals surface area contributed by atoms with Crippen LogP contribution in [-0.2, 0) is 16.0 Å². The maximum atomic E-state index is 12.6. The molecule has 0 radical (unpaired) electrons. The van der Waals surface area contributed by atoms with Gasteiger partial charge >= 0.3 is 0 Å². The normalized spacial score (nSPS) is 12.1. The molecule has 0 aliphatic rings. The lowest BCUT2D eigenvalue weighted by molar-refractivity contribution is -0.128. The van der Waals surface area contributed by atoms with Crippen LogP contribution < -0.4 is 10.6 Å². The molecule has 7 heteroatoms. The number of aromatic nitrogens is 2. The Bertz CT molecular complexity index is 812. The van der Waals surface area contributed by atoms with Crippen LogP contribution in [0.4, 0.5) is 0 Å². The monoisotopic (exact) mass is 390 g/mol. The topological polar surface area (TPSA) is 76.0 Å². The Hall–Kier alpha value is -2.34. The molecule has 0 aliphatic heterocycles. The first-order valence-corrected chi connectivity index (χ1v) is 9.42. The van der Waals surface area contributed by atoms with Crippen LogP contribution in [0.25, 0.3) is 5.69 Å². The Kier molecular flexibility index (Phi) is 7.02. The summed E-state index contributed by atoms with van der Waals surface area (Å²) in [6.07, 6.45) is 0.768. The van der Waals surface area contributed by atoms with Crippen LogP contribution in [0.1, 0.15) is 37.2 Å². The Morgan fingerprint density at radius 1 is 1.19 bits per heavy atom. The number of nitrogens with one attached hydrogen (secondary N) is 2. The van der Waals surface area contributed by atoms with Gasteiger partial charge < -0.3 is 10.6 Å². The predicted octanol–water partition coefficient (Wildman–Crippen LogP) is 2.96. The number of hydrogen-bond acceptors (Lipinski definition) is 3. The Morgan fingerprint density at radius 3 is 2.37 bits per heavy atom. The summed E-state index contributed by atoms with van der Waals surface area (Å²) in [5, 5.41) is 10.7. The van der Waals surface area contributed by atoms with Crippen molar-refractivity contribution in [3.05, 3.63) is 46.2 Å². The zero-order valence-electron chi connectivity index (χ0n) is 16.5. The maximum absolute atomic E-state index is 12.6. The summed E-state index contributed by atoms with van der Waals surface area (Å²) in [5.41, 5.74) is 3.43. The van der Waals surface area contributed by atoms with Gasteiger partial charge in [0, 0.05) is 23.3 Å². The van der Waals surface area contributed by atoms with Gasteiger partial charge in [0.25, 0.3) is 0 Å². The molecule has 0 bridgehead atoms. The second-order valence-corrected chi connectivity index (χ2v) is 7.51. The SMILES string of the molecule is CNC(=O)C(CC(C)C)NC(=O)Cc1c(C)nn(-c2ccc(Cl)cc2)c1C. The second-order valence-electron chi connectivity index (χ2n) is 7.08. The smallest absolute Gasteiger partial charge is 0.242 e. The van der Waals surface area contributed by atoms with Crippen molar-refractivity contribution in [3.63, 3.8) is 0 Å². The van der Waals surface area contributed by atoms with E-state index < -0.39 is 6.04 Å². The second kappa shape index (κ2) is 9.04. The molecule has 2 rings (SSSR count). The van der Waals surface area contributed by atoms with Gasteiger partial charge in [-0.2, -0.15) is 5.10 Å². The van der Waals surface area contributed by atoms with E-state index in [9.17, 15) is 9.59 Å². The molecule has 2 amide bonds. The van der Waals surface area contributed by atoms with Gasteiger partial charge in [-0.15, -0.1) is 0 Å². The van der Waals surface area contributed by atoms with Gasteiger partial charge in [0.05, 0.1) is 17.8 Å². The van der Waals surface area contributed by atoms with E-state index in [4.69, 9.17) is 11.6 Å². The van der Waals surface area contributed by atoms with E-state index >= 15 is 0 Å². The summed E-state index contributed by atoms with van der Waals surface area (Å²) in [6, 6.07) is 6.85. The zero-order valence-corrected chi connectivity index (χ0v) is 17.2. The molecule has 2 N–H and O–H groups in total. The van der Waals surface area contributed by atoms with E-state index in [0.29, 0.717) is 17.4 Å². The molecule has 0 spiro atoms. The lowest BCUT2D eigenvalue weighted by Crippen LogP contribution is -2.46. The molecule has 1 heterocycles. The highest BCUT2D eigenvalue weighted by Crippen LogP contribution is 2.20. The van der Waals surface area contributed by atoms with Gasteiger partial charge in [0.15, 0.2) is 0 Å². The van der Waals surface area contributed by atoms with Crippen LogP contribution in [0.15, 0.2) is 24.3 Å². The average molecular weight is 391 g/mol. The fourth-order valence-corrected chi connectivity index (χ4v) is 3.17. The quantitative estimate of drug-likeness (QED) is 0.763. The van der Waals surface area contributed by atoms with Crippen LogP contribution in [0.3, 0.4) is 0 Å². The molecule has 0 fully saturated rings. The molecule has 6 nitrogen and oxygen atoms in total. The summed E-state index contributed by atoms with van der Waals surface area (Å²) >= 11 is 5.95. The maximum Gasteiger partial charge on any atom is 0.242 e. The minimum absolute atomic E-state index is 0.177. The van der Waals surface area contributed by atoms with Crippen molar-refractivity contribution >= 4 is 23.4 Å². The molecule has 1 atom stereocenters. The Morgan fingerprint density at radius 2 is 1.81 bits per heavy atom. The minimum atomic E-state index is -0.533. The van der Waals surface area contributed by atoms with Crippen LogP contribution in [-0.4, -0.2) is 34.7 Å². The molecule has 0 saturated heterocycles. The van der Waals surface area contributed by atoms with Crippen LogP contribution in [0.5, 0.6) is 0 Å². The Balaban J connectivity index is 2.18. The summed E-state index contributed by atoms with van der Waals surface area (Å²) in [4.78, 5) is 24.6. The van der Waals surface area contributed by atoms with E-state index in [0.717, 1.165) is 22.6 Å². The van der Waals surface area contributed by atoms with Gasteiger partial charge in [0.2, 0.25) is 11.8 Å². The van der Waals surface area contributed by atoms with Crippen molar-refractivity contribution in [1.82, 2.24) is 20.4 Å². The third-order valence-electron chi connectivity index (χ3n) is 4.45. The minimum Gasteiger partial charge on any atom is -0.357 e. The van der Waals surface area contributed by atoms with Crippen molar-refractivity contribution in [3.8, 4) is 5.69 Å². The molecule has 1 aromatic carbocycles. The molecular formula is C20H27ClN4O2. The van der Waals surface area contributed by atoms with Crippen molar-refractivity contribution in [2.24, 2.45) is 5.92 Å². The summed E-state index contributed by atoms with van der Waals surface area (Å²) in [7, 11) is 1.58. The lowest BCUT2D eigenvalue weighted by atomic mass is 10.0. The number of benzene rings is 1. The molecule has 146 valence electrons. The molecule has 1 aromatic heterocycles. The molecule has 0 aliphatic carbocycles. The fourth-order valence-electron chi connectivity index (χ4n) is 3.05. The average Bonchev–Trinajstić information content (AvgIpc) is 2.89. The van der Waals surface area contributed by atoms with Crippen LogP contribution >= 0.6 is 11.6 Å². The highest BCUT2D eigenvalue weighted by Gasteiger charge is 2.22. The van der Waals surface area contributed by atoms with Crippen molar-refractivity contribution in [1.29, 1.82) is 0 Å². The number of likely N-dealkylation sites (N-methyl/N-ethyl adjacent to an activating group) is 1. The van der Waals surface area contributed by atoms with E-state index in [2.05, 4.69) is 15.7 Å². The van der Waals surface area contributed by atoms with Crippen LogP contribution in [0, 0.1) is 19.8 Å². The molecular weight excluding hydrogens is 364 g/mol. The van der Waals surface area contributed by atoms with Gasteiger partial charge in [0.1, 0.15) is 6.04 Å². The van der Waals surface area contributed by atoms with E-state index in [1.807, 2.05) is 39.8 Å². The summed E-state index contributed by atoms with van der Waals surface area (Å²) in [5.74, 6) is -0.0720. The molecule has 27 heavy (non-hydrogen) atoms. The zero-order chi connectivity index (χ0) is 20.1. The van der Waals surface area contributed by atoms with E-state index in [1.165, 1.54) is 0 Å². The number of carbonyl (C=O) groups is 2. The standard InChI is InChI=1S/C20H27ClN4O2/c1-12(2)10-18(20(27)22-5)23-19(26)11-17-13(3)24-25(14(17)4)16-8-6-15(21)7-9-16/h6-9,12,18H,10-11H2,1-5H3,(H,22,27)(H,23,26). The highest BCUT2D eigenvalue weighted by molar-refractivity contribution is 6.30. The largest absolute Gasteiger partial charge is 0.357 e. The predicted molar refractivity (Wildman–Crippen MR) is 107 cm³/mol. The Labute approximate surface area is 165 Å². The third kappa shape index (κ3) is 5.32. The first kappa shape index (κ1) is 21.0. The highest BCUT2D eigenvalue weighted by atomic mass is 35.5. The number of amides is 2. The summed E-state index contributed by atoms with van der Waals surface area (Å²) < 4.78 is 1.80. The molecule has 0 saturated carbocycles. The number of rotatable bonds is 7. The van der Waals surface area contributed by atoms with E-state index in [1.54, 1.807) is 23.9 Å². The first-order chi connectivity index (χ1) is 12.7. The number of carbonyl (C=O) groups excluding carboxylic acids is 2. The first-order valence-electron chi connectivity index (χ1n) is 9.05. The van der Waals surface area contributed by atoms with Gasteiger partial charge in [-0.05, 0) is 50.5 Å². The number of aryl methyl sites for hydroxylation is 1. The van der Waals surface area contributed by atoms with Crippen LogP contribution in [0.2, 0.25) is 5.02 Å². The van der Waals surface area contributed by atoms with E-state index in [-0.39, 0.29) is 18.2 Å². The van der Waals surface area contributed by atoms with Gasteiger partial charge in [-0.3, -0.25) is 9.59 Å². The lowest BCUT2D eigenvalue weighted by Gasteiger charge is -2.19. The van der Waals surface area contributed by atoms with Gasteiger partial charge in [-0.1, -0.05) is 25.4 Å². The molecule has 2 aromatic rings. The van der Waals surface area contributed by atoms with Crippen molar-refractivity contribution < 1.29 is 9.59 Å². The van der Waals surface area contributed by atoms with Gasteiger partial charge in [-0.25, -0.2) is 4.68 Å². The third-order valence-corrected chi connectivity index (χ3v) is 4.71. The number of hydrogen-bond donors (Lipinski definition) is 2. The molecule has 1 unspecified atom stereocenters. The van der Waals surface area contributed by atoms with Crippen molar-refractivity contribution in [2.75, 3.05) is 7.05 Å². The number of halogens is 1.